The van der Waals surface area contributed by atoms with E-state index in [9.17, 15) is 4.79 Å². The van der Waals surface area contributed by atoms with Gasteiger partial charge in [-0.2, -0.15) is 0 Å². The van der Waals surface area contributed by atoms with Crippen LogP contribution in [0.25, 0.3) is 0 Å². The first kappa shape index (κ1) is 16.7. The van der Waals surface area contributed by atoms with Crippen molar-refractivity contribution in [3.05, 3.63) is 0 Å². The van der Waals surface area contributed by atoms with Gasteiger partial charge in [0.05, 0.1) is 0 Å². The van der Waals surface area contributed by atoms with Crippen LogP contribution in [0.4, 0.5) is 0 Å². The topological polar surface area (TPSA) is 78.9 Å². The minimum absolute atomic E-state index is 0.126. The third-order valence-electron chi connectivity index (χ3n) is 3.46. The average Bonchev–Trinajstić information content (AvgIpc) is 2.28. The zero-order valence-electron chi connectivity index (χ0n) is 12.2. The Bertz CT molecular complexity index is 295. The van der Waals surface area contributed by atoms with E-state index in [0.29, 0.717) is 31.8 Å². The molecule has 1 unspecified atom stereocenters. The van der Waals surface area contributed by atoms with Crippen LogP contribution in [0.2, 0.25) is 0 Å². The van der Waals surface area contributed by atoms with Crippen LogP contribution in [-0.4, -0.2) is 34.9 Å². The van der Waals surface area contributed by atoms with Crippen LogP contribution >= 0.6 is 0 Å². The van der Waals surface area contributed by atoms with E-state index in [2.05, 4.69) is 32.9 Å². The second-order valence-corrected chi connectivity index (χ2v) is 5.79. The molecule has 0 fully saturated rings. The molecular weight excluding hydrogens is 230 g/mol. The van der Waals surface area contributed by atoms with E-state index in [1.54, 1.807) is 4.90 Å². The molecule has 0 rings (SSSR count). The predicted octanol–water partition coefficient (Wildman–Crippen LogP) is 2.04. The van der Waals surface area contributed by atoms with Crippen molar-refractivity contribution in [2.45, 2.75) is 47.5 Å². The Balaban J connectivity index is 4.36. The Kier molecular flexibility index (Phi) is 6.73. The van der Waals surface area contributed by atoms with Crippen molar-refractivity contribution in [1.82, 2.24) is 4.90 Å². The maximum atomic E-state index is 12.1. The Morgan fingerprint density at radius 2 is 2.00 bits per heavy atom. The molecule has 18 heavy (non-hydrogen) atoms. The molecule has 0 saturated carbocycles. The molecule has 0 aromatic carbocycles. The second-order valence-electron chi connectivity index (χ2n) is 5.79. The van der Waals surface area contributed by atoms with Gasteiger partial charge in [0.25, 0.3) is 0 Å². The van der Waals surface area contributed by atoms with Crippen LogP contribution in [0.3, 0.4) is 0 Å². The molecule has 0 radical (unpaired) electrons. The van der Waals surface area contributed by atoms with E-state index in [-0.39, 0.29) is 17.2 Å². The normalized spacial score (nSPS) is 14.4. The van der Waals surface area contributed by atoms with Crippen molar-refractivity contribution in [1.29, 1.82) is 0 Å². The number of carbonyl (C=O) groups is 1. The minimum atomic E-state index is 0.126. The number of carbonyl (C=O) groups excluding carboxylic acids is 1. The number of nitrogens with zero attached hydrogens (tertiary/aromatic N) is 2. The fourth-order valence-electron chi connectivity index (χ4n) is 1.46. The van der Waals surface area contributed by atoms with E-state index in [0.717, 1.165) is 0 Å². The summed E-state index contributed by atoms with van der Waals surface area (Å²) in [6.07, 6.45) is 0.938. The monoisotopic (exact) mass is 257 g/mol. The third-order valence-corrected chi connectivity index (χ3v) is 3.46. The van der Waals surface area contributed by atoms with Gasteiger partial charge >= 0.3 is 0 Å². The Hall–Kier alpha value is -1.26. The van der Waals surface area contributed by atoms with E-state index in [4.69, 9.17) is 10.9 Å². The van der Waals surface area contributed by atoms with Crippen molar-refractivity contribution in [3.63, 3.8) is 0 Å². The summed E-state index contributed by atoms with van der Waals surface area (Å²) in [4.78, 5) is 13.9. The summed E-state index contributed by atoms with van der Waals surface area (Å²) in [5.41, 5.74) is 5.53. The number of hydrogen-bond acceptors (Lipinski definition) is 3. The zero-order chi connectivity index (χ0) is 14.3. The average molecular weight is 257 g/mol. The first-order chi connectivity index (χ1) is 8.22. The summed E-state index contributed by atoms with van der Waals surface area (Å²) in [5.74, 6) is 0.610. The molecule has 0 aliphatic heterocycles. The summed E-state index contributed by atoms with van der Waals surface area (Å²) in [6, 6.07) is 0. The predicted molar refractivity (Wildman–Crippen MR) is 73.5 cm³/mol. The van der Waals surface area contributed by atoms with E-state index in [1.165, 1.54) is 0 Å². The van der Waals surface area contributed by atoms with Gasteiger partial charge in [-0.05, 0) is 18.3 Å². The number of oxime groups is 1. The lowest BCUT2D eigenvalue weighted by Crippen LogP contribution is -2.36. The molecule has 3 N–H and O–H groups in total. The number of rotatable bonds is 6. The van der Waals surface area contributed by atoms with Crippen LogP contribution in [-0.2, 0) is 4.79 Å². The highest BCUT2D eigenvalue weighted by molar-refractivity contribution is 5.81. The summed E-state index contributed by atoms with van der Waals surface area (Å²) in [5, 5.41) is 11.4. The number of amides is 1. The second kappa shape index (κ2) is 7.24. The maximum absolute atomic E-state index is 12.1. The number of amidine groups is 1. The Morgan fingerprint density at radius 3 is 2.39 bits per heavy atom. The van der Waals surface area contributed by atoms with Gasteiger partial charge in [0, 0.05) is 25.9 Å². The van der Waals surface area contributed by atoms with Crippen molar-refractivity contribution in [2.75, 3.05) is 13.1 Å². The van der Waals surface area contributed by atoms with E-state index >= 15 is 0 Å². The highest BCUT2D eigenvalue weighted by Crippen LogP contribution is 2.28. The van der Waals surface area contributed by atoms with E-state index in [1.807, 2.05) is 6.92 Å². The van der Waals surface area contributed by atoms with Crippen molar-refractivity contribution >= 4 is 11.7 Å². The molecule has 1 amide bonds. The summed E-state index contributed by atoms with van der Waals surface area (Å²) < 4.78 is 0. The first-order valence-corrected chi connectivity index (χ1v) is 6.46. The molecule has 0 saturated heterocycles. The quantitative estimate of drug-likeness (QED) is 0.331. The van der Waals surface area contributed by atoms with Crippen molar-refractivity contribution < 1.29 is 10.0 Å². The molecule has 5 nitrogen and oxygen atoms in total. The Labute approximate surface area is 110 Å². The van der Waals surface area contributed by atoms with Crippen LogP contribution in [0.5, 0.6) is 0 Å². The van der Waals surface area contributed by atoms with Gasteiger partial charge in [0.1, 0.15) is 5.84 Å². The lowest BCUT2D eigenvalue weighted by atomic mass is 9.80. The van der Waals surface area contributed by atoms with Crippen LogP contribution in [0.15, 0.2) is 5.16 Å². The summed E-state index contributed by atoms with van der Waals surface area (Å²) in [7, 11) is 0. The molecular formula is C13H27N3O2. The lowest BCUT2D eigenvalue weighted by molar-refractivity contribution is -0.132. The lowest BCUT2D eigenvalue weighted by Gasteiger charge is -2.29. The Morgan fingerprint density at radius 1 is 1.44 bits per heavy atom. The molecule has 1 atom stereocenters. The zero-order valence-corrected chi connectivity index (χ0v) is 12.2. The standard InChI is InChI=1S/C13H27N3O2/c1-6-16(8-7-11(14)15-18)12(17)9-10(2)13(3,4)5/h10,18H,6-9H2,1-5H3,(H2,14,15). The molecule has 0 spiro atoms. The van der Waals surface area contributed by atoms with Crippen LogP contribution in [0.1, 0.15) is 47.5 Å². The fourth-order valence-corrected chi connectivity index (χ4v) is 1.46. The maximum Gasteiger partial charge on any atom is 0.222 e. The van der Waals surface area contributed by atoms with E-state index < -0.39 is 0 Å². The van der Waals surface area contributed by atoms with Crippen LogP contribution < -0.4 is 5.73 Å². The molecule has 0 aromatic heterocycles. The summed E-state index contributed by atoms with van der Waals surface area (Å²) in [6.45, 7) is 11.6. The number of nitrogens with two attached hydrogens (primary N) is 1. The molecule has 0 aliphatic rings. The van der Waals surface area contributed by atoms with Gasteiger partial charge in [-0.25, -0.2) is 0 Å². The molecule has 0 heterocycles. The van der Waals surface area contributed by atoms with Gasteiger partial charge in [-0.1, -0.05) is 32.9 Å². The van der Waals surface area contributed by atoms with Gasteiger partial charge in [-0.15, -0.1) is 0 Å². The summed E-state index contributed by atoms with van der Waals surface area (Å²) >= 11 is 0. The highest BCUT2D eigenvalue weighted by Gasteiger charge is 2.24. The molecule has 0 aliphatic carbocycles. The van der Waals surface area contributed by atoms with Crippen molar-refractivity contribution in [3.8, 4) is 0 Å². The molecule has 106 valence electrons. The largest absolute Gasteiger partial charge is 0.409 e. The van der Waals surface area contributed by atoms with Gasteiger partial charge in [0.2, 0.25) is 5.91 Å². The SMILES string of the molecule is CCN(CC/C(N)=N/O)C(=O)CC(C)C(C)(C)C. The fraction of sp³-hybridized carbons (Fsp3) is 0.846. The van der Waals surface area contributed by atoms with Crippen molar-refractivity contribution in [2.24, 2.45) is 22.2 Å². The highest BCUT2D eigenvalue weighted by atomic mass is 16.4. The molecule has 0 aromatic rings. The third kappa shape index (κ3) is 5.89. The smallest absolute Gasteiger partial charge is 0.222 e. The van der Waals surface area contributed by atoms with Gasteiger partial charge in [0.15, 0.2) is 0 Å². The molecule has 5 heteroatoms. The van der Waals surface area contributed by atoms with Gasteiger partial charge < -0.3 is 15.8 Å². The number of hydrogen-bond donors (Lipinski definition) is 2. The minimum Gasteiger partial charge on any atom is -0.409 e. The molecule has 0 bridgehead atoms. The first-order valence-electron chi connectivity index (χ1n) is 6.46. The van der Waals surface area contributed by atoms with Crippen LogP contribution in [0, 0.1) is 11.3 Å². The van der Waals surface area contributed by atoms with Gasteiger partial charge in [-0.3, -0.25) is 4.79 Å².